The Bertz CT molecular complexity index is 490. The molecule has 1 aromatic heterocycles. The van der Waals surface area contributed by atoms with Crippen LogP contribution < -0.4 is 4.57 Å². The molecule has 24 heavy (non-hydrogen) atoms. The Hall–Kier alpha value is -0.940. The molecule has 0 atom stereocenters. The zero-order valence-corrected chi connectivity index (χ0v) is 16.5. The molecule has 0 radical (unpaired) electrons. The van der Waals surface area contributed by atoms with Crippen LogP contribution in [-0.2, 0) is 16.7 Å². The van der Waals surface area contributed by atoms with Crippen LogP contribution in [0.4, 0.5) is 0 Å². The number of unbranched alkanes of at least 4 members (excludes halogenated alkanes) is 9. The Morgan fingerprint density at radius 2 is 1.25 bits per heavy atom. The molecule has 0 amide bonds. The average Bonchev–Trinajstić information content (AvgIpc) is 2.49. The summed E-state index contributed by atoms with van der Waals surface area (Å²) in [6.45, 7) is 5.60. The van der Waals surface area contributed by atoms with Crippen LogP contribution in [0.25, 0.3) is 0 Å². The number of aromatic nitrogens is 1. The molecule has 1 heterocycles. The van der Waals surface area contributed by atoms with Crippen molar-refractivity contribution >= 4 is 10.1 Å². The summed E-state index contributed by atoms with van der Waals surface area (Å²) in [6, 6.07) is 4.38. The van der Waals surface area contributed by atoms with Gasteiger partial charge < -0.3 is 4.55 Å². The first-order valence-electron chi connectivity index (χ1n) is 9.19. The molecule has 0 saturated heterocycles. The van der Waals surface area contributed by atoms with Crippen molar-refractivity contribution in [2.24, 2.45) is 0 Å². The van der Waals surface area contributed by atoms with Gasteiger partial charge in [0.25, 0.3) is 0 Å². The van der Waals surface area contributed by atoms with E-state index in [-0.39, 0.29) is 0 Å². The lowest BCUT2D eigenvalue weighted by atomic mass is 10.1. The van der Waals surface area contributed by atoms with Crippen molar-refractivity contribution in [3.05, 3.63) is 30.1 Å². The normalized spacial score (nSPS) is 11.0. The SMILES string of the molecule is CCCCCCCCCCCC[n+]1ccc(C)cc1.CS(=O)(=O)[O-]. The van der Waals surface area contributed by atoms with Gasteiger partial charge in [0.05, 0.1) is 10.1 Å². The zero-order valence-electron chi connectivity index (χ0n) is 15.7. The molecule has 0 aliphatic heterocycles. The third-order valence-electron chi connectivity index (χ3n) is 3.83. The predicted molar refractivity (Wildman–Crippen MR) is 98.8 cm³/mol. The van der Waals surface area contributed by atoms with Crippen molar-refractivity contribution in [2.45, 2.75) is 84.6 Å². The quantitative estimate of drug-likeness (QED) is 0.336. The summed E-state index contributed by atoms with van der Waals surface area (Å²) in [5.74, 6) is 0. The van der Waals surface area contributed by atoms with E-state index in [0.29, 0.717) is 6.26 Å². The van der Waals surface area contributed by atoms with Crippen molar-refractivity contribution < 1.29 is 17.5 Å². The van der Waals surface area contributed by atoms with Crippen LogP contribution in [0.2, 0.25) is 0 Å². The second kappa shape index (κ2) is 14.4. The number of hydrogen-bond acceptors (Lipinski definition) is 3. The molecule has 0 unspecified atom stereocenters. The monoisotopic (exact) mass is 357 g/mol. The molecule has 0 saturated carbocycles. The summed E-state index contributed by atoms with van der Waals surface area (Å²) in [5.41, 5.74) is 1.35. The van der Waals surface area contributed by atoms with E-state index in [1.54, 1.807) is 0 Å². The van der Waals surface area contributed by atoms with Gasteiger partial charge in [-0.2, -0.15) is 0 Å². The lowest BCUT2D eigenvalue weighted by molar-refractivity contribution is -0.697. The van der Waals surface area contributed by atoms with Gasteiger partial charge in [0.15, 0.2) is 12.4 Å². The highest BCUT2D eigenvalue weighted by Gasteiger charge is 1.99. The summed E-state index contributed by atoms with van der Waals surface area (Å²) in [4.78, 5) is 0. The van der Waals surface area contributed by atoms with Gasteiger partial charge in [-0.1, -0.05) is 58.3 Å². The lowest BCUT2D eigenvalue weighted by Gasteiger charge is -2.01. The van der Waals surface area contributed by atoms with Gasteiger partial charge in [0.2, 0.25) is 0 Å². The maximum absolute atomic E-state index is 9.08. The van der Waals surface area contributed by atoms with Crippen LogP contribution in [0.15, 0.2) is 24.5 Å². The van der Waals surface area contributed by atoms with E-state index >= 15 is 0 Å². The maximum Gasteiger partial charge on any atom is 0.169 e. The molecular formula is C19H35NO3S. The Kier molecular flexibility index (Phi) is 13.8. The number of rotatable bonds is 11. The Morgan fingerprint density at radius 3 is 1.67 bits per heavy atom. The van der Waals surface area contributed by atoms with Crippen LogP contribution in [0.3, 0.4) is 0 Å². The van der Waals surface area contributed by atoms with Gasteiger partial charge in [-0.15, -0.1) is 0 Å². The number of pyridine rings is 1. The van der Waals surface area contributed by atoms with Crippen molar-refractivity contribution in [2.75, 3.05) is 6.26 Å². The van der Waals surface area contributed by atoms with E-state index in [1.165, 1.54) is 76.3 Å². The summed E-state index contributed by atoms with van der Waals surface area (Å²) < 4.78 is 29.5. The summed E-state index contributed by atoms with van der Waals surface area (Å²) >= 11 is 0. The smallest absolute Gasteiger partial charge is 0.169 e. The van der Waals surface area contributed by atoms with Crippen molar-refractivity contribution in [1.82, 2.24) is 0 Å². The first-order valence-corrected chi connectivity index (χ1v) is 11.0. The summed E-state index contributed by atoms with van der Waals surface area (Å²) in [6.07, 6.45) is 19.1. The molecule has 5 heteroatoms. The van der Waals surface area contributed by atoms with Crippen molar-refractivity contribution in [1.29, 1.82) is 0 Å². The molecular weight excluding hydrogens is 322 g/mol. The number of nitrogens with zero attached hydrogens (tertiary/aromatic N) is 1. The third-order valence-corrected chi connectivity index (χ3v) is 3.83. The first-order chi connectivity index (χ1) is 11.3. The third kappa shape index (κ3) is 19.1. The van der Waals surface area contributed by atoms with Gasteiger partial charge in [-0.25, -0.2) is 13.0 Å². The molecule has 0 aliphatic carbocycles. The fourth-order valence-electron chi connectivity index (χ4n) is 2.46. The van der Waals surface area contributed by atoms with Crippen LogP contribution in [0.5, 0.6) is 0 Å². The molecule has 1 rings (SSSR count). The van der Waals surface area contributed by atoms with E-state index < -0.39 is 10.1 Å². The highest BCUT2D eigenvalue weighted by Crippen LogP contribution is 2.10. The molecule has 0 bridgehead atoms. The fraction of sp³-hybridized carbons (Fsp3) is 0.737. The van der Waals surface area contributed by atoms with E-state index in [0.717, 1.165) is 0 Å². The van der Waals surface area contributed by atoms with Crippen LogP contribution in [-0.4, -0.2) is 19.2 Å². The summed E-state index contributed by atoms with van der Waals surface area (Å²) in [5, 5.41) is 0. The van der Waals surface area contributed by atoms with Crippen molar-refractivity contribution in [3.8, 4) is 0 Å². The largest absolute Gasteiger partial charge is 0.748 e. The molecule has 0 N–H and O–H groups in total. The molecule has 0 fully saturated rings. The van der Waals surface area contributed by atoms with Gasteiger partial charge in [0, 0.05) is 24.8 Å². The Morgan fingerprint density at radius 1 is 0.875 bits per heavy atom. The predicted octanol–water partition coefficient (Wildman–Crippen LogP) is 4.36. The molecule has 4 nitrogen and oxygen atoms in total. The van der Waals surface area contributed by atoms with E-state index in [2.05, 4.69) is 42.9 Å². The van der Waals surface area contributed by atoms with E-state index in [1.807, 2.05) is 0 Å². The first kappa shape index (κ1) is 23.1. The van der Waals surface area contributed by atoms with Gasteiger partial charge in [-0.05, 0) is 18.9 Å². The zero-order chi connectivity index (χ0) is 18.3. The van der Waals surface area contributed by atoms with Crippen LogP contribution in [0, 0.1) is 6.92 Å². The summed E-state index contributed by atoms with van der Waals surface area (Å²) in [7, 11) is -3.92. The van der Waals surface area contributed by atoms with E-state index in [9.17, 15) is 0 Å². The Balaban J connectivity index is 0.000000922. The minimum Gasteiger partial charge on any atom is -0.748 e. The average molecular weight is 358 g/mol. The topological polar surface area (TPSA) is 61.1 Å². The lowest BCUT2D eigenvalue weighted by Crippen LogP contribution is -2.32. The second-order valence-corrected chi connectivity index (χ2v) is 7.91. The highest BCUT2D eigenvalue weighted by atomic mass is 32.2. The van der Waals surface area contributed by atoms with Crippen LogP contribution >= 0.6 is 0 Å². The number of aryl methyl sites for hydroxylation is 2. The minimum absolute atomic E-state index is 0.604. The second-order valence-electron chi connectivity index (χ2n) is 6.50. The molecule has 1 aromatic rings. The van der Waals surface area contributed by atoms with Crippen molar-refractivity contribution in [3.63, 3.8) is 0 Å². The van der Waals surface area contributed by atoms with Gasteiger partial charge in [0.1, 0.15) is 6.54 Å². The van der Waals surface area contributed by atoms with Gasteiger partial charge in [-0.3, -0.25) is 0 Å². The van der Waals surface area contributed by atoms with Gasteiger partial charge >= 0.3 is 0 Å². The molecule has 0 aliphatic rings. The molecule has 140 valence electrons. The van der Waals surface area contributed by atoms with Crippen LogP contribution in [0.1, 0.15) is 76.7 Å². The standard InChI is InChI=1S/C18H32N.CH4O3S/c1-3-4-5-6-7-8-9-10-11-12-15-19-16-13-18(2)14-17-19;1-5(2,3)4/h13-14,16-17H,3-12,15H2,1-2H3;1H3,(H,2,3,4)/q+1;/p-1. The highest BCUT2D eigenvalue weighted by molar-refractivity contribution is 7.84. The maximum atomic E-state index is 9.08. The minimum atomic E-state index is -3.92. The Labute approximate surface area is 149 Å². The fourth-order valence-corrected chi connectivity index (χ4v) is 2.46. The molecule has 0 aromatic carbocycles. The van der Waals surface area contributed by atoms with E-state index in [4.69, 9.17) is 13.0 Å². The number of hydrogen-bond donors (Lipinski definition) is 0. The molecule has 0 spiro atoms.